The molecule has 0 aromatic carbocycles. The lowest BCUT2D eigenvalue weighted by Crippen LogP contribution is -2.09. The first-order valence-corrected chi connectivity index (χ1v) is 7.37. The third kappa shape index (κ3) is 10.5. The third-order valence-electron chi connectivity index (χ3n) is 3.32. The van der Waals surface area contributed by atoms with Crippen LogP contribution in [-0.2, 0) is 4.74 Å². The van der Waals surface area contributed by atoms with Gasteiger partial charge in [-0.3, -0.25) is 0 Å². The van der Waals surface area contributed by atoms with Crippen molar-refractivity contribution in [3.8, 4) is 0 Å². The number of unbranched alkanes of at least 4 members (excludes halogenated alkanes) is 7. The SMILES string of the molecule is CCCCCCCCCCC(CCC)OC. The van der Waals surface area contributed by atoms with Gasteiger partial charge in [0, 0.05) is 7.11 Å². The minimum atomic E-state index is 0.519. The predicted molar refractivity (Wildman–Crippen MR) is 72.9 cm³/mol. The molecular formula is C15H32O. The highest BCUT2D eigenvalue weighted by Crippen LogP contribution is 2.13. The van der Waals surface area contributed by atoms with Crippen LogP contribution in [0.5, 0.6) is 0 Å². The fourth-order valence-electron chi connectivity index (χ4n) is 2.21. The number of methoxy groups -OCH3 is 1. The molecule has 0 spiro atoms. The lowest BCUT2D eigenvalue weighted by molar-refractivity contribution is 0.0849. The second kappa shape index (κ2) is 13.0. The Balaban J connectivity index is 3.12. The third-order valence-corrected chi connectivity index (χ3v) is 3.32. The fourth-order valence-corrected chi connectivity index (χ4v) is 2.21. The Morgan fingerprint density at radius 3 is 1.75 bits per heavy atom. The maximum atomic E-state index is 5.45. The van der Waals surface area contributed by atoms with E-state index in [1.165, 1.54) is 70.6 Å². The fraction of sp³-hybridized carbons (Fsp3) is 1.00. The van der Waals surface area contributed by atoms with Gasteiger partial charge in [0.2, 0.25) is 0 Å². The molecule has 0 aromatic rings. The molecule has 0 rings (SSSR count). The summed E-state index contributed by atoms with van der Waals surface area (Å²) in [7, 11) is 1.85. The molecule has 98 valence electrons. The number of rotatable bonds is 12. The van der Waals surface area contributed by atoms with Gasteiger partial charge in [0.15, 0.2) is 0 Å². The quantitative estimate of drug-likeness (QED) is 0.410. The van der Waals surface area contributed by atoms with Crippen molar-refractivity contribution in [3.63, 3.8) is 0 Å². The Morgan fingerprint density at radius 1 is 0.688 bits per heavy atom. The maximum Gasteiger partial charge on any atom is 0.0571 e. The topological polar surface area (TPSA) is 9.23 Å². The number of hydrogen-bond donors (Lipinski definition) is 0. The molecule has 1 atom stereocenters. The summed E-state index contributed by atoms with van der Waals surface area (Å²) >= 11 is 0. The largest absolute Gasteiger partial charge is 0.381 e. The van der Waals surface area contributed by atoms with Gasteiger partial charge >= 0.3 is 0 Å². The number of hydrogen-bond acceptors (Lipinski definition) is 1. The van der Waals surface area contributed by atoms with E-state index in [0.29, 0.717) is 6.10 Å². The summed E-state index contributed by atoms with van der Waals surface area (Å²) in [4.78, 5) is 0. The second-order valence-corrected chi connectivity index (χ2v) is 4.91. The normalized spacial score (nSPS) is 12.9. The van der Waals surface area contributed by atoms with E-state index in [9.17, 15) is 0 Å². The Kier molecular flexibility index (Phi) is 13.0. The van der Waals surface area contributed by atoms with Crippen molar-refractivity contribution in [1.82, 2.24) is 0 Å². The van der Waals surface area contributed by atoms with Crippen molar-refractivity contribution < 1.29 is 4.74 Å². The van der Waals surface area contributed by atoms with E-state index in [2.05, 4.69) is 13.8 Å². The highest BCUT2D eigenvalue weighted by molar-refractivity contribution is 4.57. The molecule has 0 heterocycles. The van der Waals surface area contributed by atoms with Crippen LogP contribution in [0, 0.1) is 0 Å². The maximum absolute atomic E-state index is 5.45. The second-order valence-electron chi connectivity index (χ2n) is 4.91. The van der Waals surface area contributed by atoms with E-state index in [-0.39, 0.29) is 0 Å². The molecule has 0 N–H and O–H groups in total. The summed E-state index contributed by atoms with van der Waals surface area (Å²) in [6.45, 7) is 4.51. The zero-order chi connectivity index (χ0) is 12.1. The van der Waals surface area contributed by atoms with Gasteiger partial charge in [0.1, 0.15) is 0 Å². The summed E-state index contributed by atoms with van der Waals surface area (Å²) < 4.78 is 5.45. The molecule has 1 nitrogen and oxygen atoms in total. The van der Waals surface area contributed by atoms with Crippen LogP contribution in [0.15, 0.2) is 0 Å². The molecule has 1 heteroatoms. The van der Waals surface area contributed by atoms with Gasteiger partial charge in [-0.05, 0) is 12.8 Å². The first-order chi connectivity index (χ1) is 7.85. The molecule has 0 bridgehead atoms. The molecule has 0 saturated heterocycles. The Morgan fingerprint density at radius 2 is 1.25 bits per heavy atom. The lowest BCUT2D eigenvalue weighted by atomic mass is 10.0. The molecular weight excluding hydrogens is 196 g/mol. The van der Waals surface area contributed by atoms with E-state index < -0.39 is 0 Å². The molecule has 0 amide bonds. The minimum Gasteiger partial charge on any atom is -0.381 e. The van der Waals surface area contributed by atoms with Gasteiger partial charge in [-0.25, -0.2) is 0 Å². The molecule has 16 heavy (non-hydrogen) atoms. The van der Waals surface area contributed by atoms with E-state index in [4.69, 9.17) is 4.74 Å². The molecule has 0 aliphatic rings. The van der Waals surface area contributed by atoms with Crippen LogP contribution in [-0.4, -0.2) is 13.2 Å². The first kappa shape index (κ1) is 16.0. The van der Waals surface area contributed by atoms with Crippen LogP contribution < -0.4 is 0 Å². The van der Waals surface area contributed by atoms with E-state index >= 15 is 0 Å². The van der Waals surface area contributed by atoms with Crippen molar-refractivity contribution in [3.05, 3.63) is 0 Å². The molecule has 0 aromatic heterocycles. The molecule has 0 aliphatic heterocycles. The standard InChI is InChI=1S/C15H32O/c1-4-6-7-8-9-10-11-12-14-15(16-3)13-5-2/h15H,4-14H2,1-3H3. The lowest BCUT2D eigenvalue weighted by Gasteiger charge is -2.13. The van der Waals surface area contributed by atoms with E-state index in [1.807, 2.05) is 7.11 Å². The Labute approximate surface area is 103 Å². The summed E-state index contributed by atoms with van der Waals surface area (Å²) in [5.74, 6) is 0. The average Bonchev–Trinajstić information content (AvgIpc) is 2.31. The van der Waals surface area contributed by atoms with Gasteiger partial charge in [0.25, 0.3) is 0 Å². The van der Waals surface area contributed by atoms with Crippen LogP contribution in [0.1, 0.15) is 84.5 Å². The van der Waals surface area contributed by atoms with Crippen LogP contribution in [0.25, 0.3) is 0 Å². The molecule has 0 saturated carbocycles. The van der Waals surface area contributed by atoms with Crippen molar-refractivity contribution in [2.75, 3.05) is 7.11 Å². The smallest absolute Gasteiger partial charge is 0.0571 e. The van der Waals surface area contributed by atoms with Crippen LogP contribution >= 0.6 is 0 Å². The monoisotopic (exact) mass is 228 g/mol. The molecule has 0 fully saturated rings. The van der Waals surface area contributed by atoms with Crippen molar-refractivity contribution in [2.45, 2.75) is 90.6 Å². The highest BCUT2D eigenvalue weighted by Gasteiger charge is 2.04. The Hall–Kier alpha value is -0.0400. The van der Waals surface area contributed by atoms with Crippen molar-refractivity contribution >= 4 is 0 Å². The Bertz CT molecular complexity index is 123. The van der Waals surface area contributed by atoms with Gasteiger partial charge in [-0.1, -0.05) is 71.6 Å². The summed E-state index contributed by atoms with van der Waals surface area (Å²) in [5, 5.41) is 0. The zero-order valence-corrected chi connectivity index (χ0v) is 11.8. The molecule has 0 aliphatic carbocycles. The summed E-state index contributed by atoms with van der Waals surface area (Å²) in [5.41, 5.74) is 0. The van der Waals surface area contributed by atoms with Crippen LogP contribution in [0.4, 0.5) is 0 Å². The van der Waals surface area contributed by atoms with Gasteiger partial charge in [0.05, 0.1) is 6.10 Å². The van der Waals surface area contributed by atoms with Crippen LogP contribution in [0.2, 0.25) is 0 Å². The van der Waals surface area contributed by atoms with Gasteiger partial charge in [-0.15, -0.1) is 0 Å². The highest BCUT2D eigenvalue weighted by atomic mass is 16.5. The van der Waals surface area contributed by atoms with Gasteiger partial charge < -0.3 is 4.74 Å². The number of ether oxygens (including phenoxy) is 1. The first-order valence-electron chi connectivity index (χ1n) is 7.37. The molecule has 1 unspecified atom stereocenters. The summed E-state index contributed by atoms with van der Waals surface area (Å²) in [6, 6.07) is 0. The predicted octanol–water partition coefficient (Wildman–Crippen LogP) is 5.33. The minimum absolute atomic E-state index is 0.519. The van der Waals surface area contributed by atoms with E-state index in [0.717, 1.165) is 0 Å². The zero-order valence-electron chi connectivity index (χ0n) is 11.8. The summed E-state index contributed by atoms with van der Waals surface area (Å²) in [6.07, 6.45) is 15.5. The molecule has 0 radical (unpaired) electrons. The van der Waals surface area contributed by atoms with E-state index in [1.54, 1.807) is 0 Å². The average molecular weight is 228 g/mol. The van der Waals surface area contributed by atoms with Gasteiger partial charge in [-0.2, -0.15) is 0 Å². The van der Waals surface area contributed by atoms with Crippen molar-refractivity contribution in [2.24, 2.45) is 0 Å². The van der Waals surface area contributed by atoms with Crippen LogP contribution in [0.3, 0.4) is 0 Å². The van der Waals surface area contributed by atoms with Crippen molar-refractivity contribution in [1.29, 1.82) is 0 Å².